The summed E-state index contributed by atoms with van der Waals surface area (Å²) in [5, 5.41) is 7.88. The number of hydrogen-bond donors (Lipinski definition) is 1. The van der Waals surface area contributed by atoms with Crippen LogP contribution in [0.1, 0.15) is 35.7 Å². The van der Waals surface area contributed by atoms with Crippen LogP contribution in [0.5, 0.6) is 0 Å². The lowest BCUT2D eigenvalue weighted by Crippen LogP contribution is -2.16. The summed E-state index contributed by atoms with van der Waals surface area (Å²) < 4.78 is 1.79. The number of nitrogens with zero attached hydrogens (tertiary/aromatic N) is 4. The van der Waals surface area contributed by atoms with E-state index in [0.29, 0.717) is 0 Å². The van der Waals surface area contributed by atoms with Gasteiger partial charge in [-0.05, 0) is 45.2 Å². The highest BCUT2D eigenvalue weighted by molar-refractivity contribution is 5.30. The van der Waals surface area contributed by atoms with Crippen LogP contribution in [0.2, 0.25) is 0 Å². The van der Waals surface area contributed by atoms with Gasteiger partial charge >= 0.3 is 0 Å². The molecule has 2 aromatic heterocycles. The zero-order chi connectivity index (χ0) is 13.4. The monoisotopic (exact) mass is 257 g/mol. The van der Waals surface area contributed by atoms with Gasteiger partial charge in [0.25, 0.3) is 0 Å². The van der Waals surface area contributed by atoms with Crippen molar-refractivity contribution in [3.63, 3.8) is 0 Å². The van der Waals surface area contributed by atoms with E-state index in [1.54, 1.807) is 4.68 Å². The smallest absolute Gasteiger partial charge is 0.155 e. The van der Waals surface area contributed by atoms with Crippen LogP contribution in [0, 0.1) is 20.8 Å². The second-order valence-electron chi connectivity index (χ2n) is 5.19. The number of aromatic nitrogens is 4. The maximum atomic E-state index is 4.64. The molecule has 0 spiro atoms. The molecule has 0 bridgehead atoms. The van der Waals surface area contributed by atoms with Crippen molar-refractivity contribution < 1.29 is 0 Å². The average Bonchev–Trinajstić information content (AvgIpc) is 3.12. The molecule has 19 heavy (non-hydrogen) atoms. The van der Waals surface area contributed by atoms with Gasteiger partial charge in [0, 0.05) is 18.3 Å². The summed E-state index contributed by atoms with van der Waals surface area (Å²) >= 11 is 0. The van der Waals surface area contributed by atoms with Crippen molar-refractivity contribution in [2.75, 3.05) is 0 Å². The summed E-state index contributed by atoms with van der Waals surface area (Å²) in [5.41, 5.74) is 2.31. The standard InChI is InChI=1S/C14H19N5/c1-9-12(8-15-13-5-6-13)4-7-14(16-9)19-11(3)17-10(2)18-19/h4,7,13,15H,5-6,8H2,1-3H3. The Morgan fingerprint density at radius 2 is 2.00 bits per heavy atom. The van der Waals surface area contributed by atoms with Gasteiger partial charge < -0.3 is 5.32 Å². The molecule has 0 amide bonds. The summed E-state index contributed by atoms with van der Waals surface area (Å²) in [6, 6.07) is 4.86. The van der Waals surface area contributed by atoms with Gasteiger partial charge in [0.15, 0.2) is 5.82 Å². The highest BCUT2D eigenvalue weighted by atomic mass is 15.4. The molecule has 2 heterocycles. The van der Waals surface area contributed by atoms with Crippen LogP contribution < -0.4 is 5.32 Å². The number of hydrogen-bond acceptors (Lipinski definition) is 4. The summed E-state index contributed by atoms with van der Waals surface area (Å²) in [7, 11) is 0. The fraction of sp³-hybridized carbons (Fsp3) is 0.500. The molecule has 1 aliphatic rings. The van der Waals surface area contributed by atoms with Gasteiger partial charge in [-0.1, -0.05) is 6.07 Å². The van der Waals surface area contributed by atoms with Gasteiger partial charge in [0.1, 0.15) is 11.6 Å². The normalized spacial score (nSPS) is 14.9. The Balaban J connectivity index is 1.83. The molecule has 1 fully saturated rings. The van der Waals surface area contributed by atoms with E-state index in [1.807, 2.05) is 26.8 Å². The Morgan fingerprint density at radius 3 is 2.58 bits per heavy atom. The van der Waals surface area contributed by atoms with E-state index in [2.05, 4.69) is 26.4 Å². The molecule has 2 aromatic rings. The Bertz CT molecular complexity index is 598. The van der Waals surface area contributed by atoms with Crippen LogP contribution in [0.4, 0.5) is 0 Å². The maximum Gasteiger partial charge on any atom is 0.155 e. The minimum Gasteiger partial charge on any atom is -0.310 e. The van der Waals surface area contributed by atoms with Crippen molar-refractivity contribution >= 4 is 0 Å². The van der Waals surface area contributed by atoms with Crippen LogP contribution in [0.25, 0.3) is 5.82 Å². The molecular weight excluding hydrogens is 238 g/mol. The molecule has 3 rings (SSSR count). The summed E-state index contributed by atoms with van der Waals surface area (Å²) in [5.74, 6) is 2.48. The highest BCUT2D eigenvalue weighted by Gasteiger charge is 2.20. The van der Waals surface area contributed by atoms with Gasteiger partial charge in [0.2, 0.25) is 0 Å². The molecule has 0 radical (unpaired) electrons. The van der Waals surface area contributed by atoms with Crippen LogP contribution in [0.3, 0.4) is 0 Å². The molecule has 100 valence electrons. The van der Waals surface area contributed by atoms with Crippen molar-refractivity contribution in [1.29, 1.82) is 0 Å². The first-order chi connectivity index (χ1) is 9.13. The topological polar surface area (TPSA) is 55.6 Å². The summed E-state index contributed by atoms with van der Waals surface area (Å²) in [6.07, 6.45) is 2.62. The fourth-order valence-electron chi connectivity index (χ4n) is 2.16. The predicted octanol–water partition coefficient (Wildman–Crippen LogP) is 1.84. The molecule has 5 nitrogen and oxygen atoms in total. The number of pyridine rings is 1. The predicted molar refractivity (Wildman–Crippen MR) is 73.2 cm³/mol. The molecule has 0 saturated heterocycles. The van der Waals surface area contributed by atoms with Crippen molar-refractivity contribution in [2.24, 2.45) is 0 Å². The molecule has 5 heteroatoms. The second kappa shape index (κ2) is 4.74. The lowest BCUT2D eigenvalue weighted by atomic mass is 10.2. The van der Waals surface area contributed by atoms with Gasteiger partial charge in [-0.3, -0.25) is 0 Å². The van der Waals surface area contributed by atoms with Crippen molar-refractivity contribution in [1.82, 2.24) is 25.1 Å². The Morgan fingerprint density at radius 1 is 1.21 bits per heavy atom. The van der Waals surface area contributed by atoms with E-state index >= 15 is 0 Å². The minimum absolute atomic E-state index is 0.722. The van der Waals surface area contributed by atoms with Crippen LogP contribution >= 0.6 is 0 Å². The molecule has 0 unspecified atom stereocenters. The van der Waals surface area contributed by atoms with Gasteiger partial charge in [-0.15, -0.1) is 5.10 Å². The Labute approximate surface area is 113 Å². The van der Waals surface area contributed by atoms with E-state index in [0.717, 1.165) is 35.7 Å². The van der Waals surface area contributed by atoms with E-state index in [1.165, 1.54) is 18.4 Å². The van der Waals surface area contributed by atoms with Crippen molar-refractivity contribution in [3.05, 3.63) is 35.0 Å². The van der Waals surface area contributed by atoms with E-state index in [-0.39, 0.29) is 0 Å². The van der Waals surface area contributed by atoms with E-state index in [9.17, 15) is 0 Å². The van der Waals surface area contributed by atoms with Crippen LogP contribution in [-0.2, 0) is 6.54 Å². The average molecular weight is 257 g/mol. The van der Waals surface area contributed by atoms with Crippen molar-refractivity contribution in [2.45, 2.75) is 46.2 Å². The van der Waals surface area contributed by atoms with Crippen LogP contribution in [-0.4, -0.2) is 25.8 Å². The minimum atomic E-state index is 0.722. The molecule has 1 aliphatic carbocycles. The van der Waals surface area contributed by atoms with Gasteiger partial charge in [-0.2, -0.15) is 4.68 Å². The first-order valence-electron chi connectivity index (χ1n) is 6.74. The first-order valence-corrected chi connectivity index (χ1v) is 6.74. The molecule has 1 N–H and O–H groups in total. The molecule has 1 saturated carbocycles. The lowest BCUT2D eigenvalue weighted by molar-refractivity contribution is 0.680. The molecule has 0 aromatic carbocycles. The molecule has 0 atom stereocenters. The number of nitrogens with one attached hydrogen (secondary N) is 1. The quantitative estimate of drug-likeness (QED) is 0.908. The lowest BCUT2D eigenvalue weighted by Gasteiger charge is -2.09. The molecular formula is C14H19N5. The molecule has 0 aliphatic heterocycles. The fourth-order valence-corrected chi connectivity index (χ4v) is 2.16. The third-order valence-corrected chi connectivity index (χ3v) is 3.43. The number of rotatable bonds is 4. The Hall–Kier alpha value is -1.75. The zero-order valence-corrected chi connectivity index (χ0v) is 11.6. The number of aryl methyl sites for hydroxylation is 3. The van der Waals surface area contributed by atoms with Crippen LogP contribution in [0.15, 0.2) is 12.1 Å². The van der Waals surface area contributed by atoms with Gasteiger partial charge in [0.05, 0.1) is 0 Å². The zero-order valence-electron chi connectivity index (χ0n) is 11.6. The summed E-state index contributed by atoms with van der Waals surface area (Å²) in [6.45, 7) is 6.79. The summed E-state index contributed by atoms with van der Waals surface area (Å²) in [4.78, 5) is 8.94. The third kappa shape index (κ3) is 2.66. The second-order valence-corrected chi connectivity index (χ2v) is 5.19. The Kier molecular flexibility index (Phi) is 3.06. The van der Waals surface area contributed by atoms with Crippen molar-refractivity contribution in [3.8, 4) is 5.82 Å². The van der Waals surface area contributed by atoms with E-state index < -0.39 is 0 Å². The van der Waals surface area contributed by atoms with Gasteiger partial charge in [-0.25, -0.2) is 9.97 Å². The highest BCUT2D eigenvalue weighted by Crippen LogP contribution is 2.20. The van der Waals surface area contributed by atoms with E-state index in [4.69, 9.17) is 0 Å². The SMILES string of the molecule is Cc1nc(C)n(-c2ccc(CNC3CC3)c(C)n2)n1. The third-order valence-electron chi connectivity index (χ3n) is 3.43. The first kappa shape index (κ1) is 12.3. The maximum absolute atomic E-state index is 4.64. The largest absolute Gasteiger partial charge is 0.310 e.